The largest absolute Gasteiger partial charge is 0.386 e. The molecule has 4 heteroatoms. The molecular weight excluding hydrogens is 264 g/mol. The molecule has 2 N–H and O–H groups in total. The number of aromatic nitrogens is 2. The van der Waals surface area contributed by atoms with Gasteiger partial charge in [0.2, 0.25) is 0 Å². The molecule has 0 fully saturated rings. The summed E-state index contributed by atoms with van der Waals surface area (Å²) < 4.78 is 5.57. The number of hydrogen-bond acceptors (Lipinski definition) is 3. The van der Waals surface area contributed by atoms with E-state index in [4.69, 9.17) is 4.74 Å². The fraction of sp³-hybridized carbons (Fsp3) is 0.235. The standard InChI is InChI=1S/C17H18N2O2/c20-17(11-21-9-8-14-10-18-12-19-14)16-7-3-5-13-4-1-2-6-15(13)16/h1-7,10,12,17,20H,8-9,11H2,(H,18,19). The van der Waals surface area contributed by atoms with Crippen molar-refractivity contribution in [2.75, 3.05) is 13.2 Å². The van der Waals surface area contributed by atoms with Crippen LogP contribution >= 0.6 is 0 Å². The highest BCUT2D eigenvalue weighted by Gasteiger charge is 2.11. The normalized spacial score (nSPS) is 12.6. The van der Waals surface area contributed by atoms with Crippen molar-refractivity contribution in [2.24, 2.45) is 0 Å². The number of ether oxygens (including phenoxy) is 1. The molecule has 0 aliphatic carbocycles. The molecule has 108 valence electrons. The lowest BCUT2D eigenvalue weighted by molar-refractivity contribution is 0.0379. The Morgan fingerprint density at radius 2 is 2.00 bits per heavy atom. The smallest absolute Gasteiger partial charge is 0.103 e. The Morgan fingerprint density at radius 3 is 2.86 bits per heavy atom. The molecule has 0 saturated heterocycles. The van der Waals surface area contributed by atoms with Gasteiger partial charge >= 0.3 is 0 Å². The molecule has 4 nitrogen and oxygen atoms in total. The second-order valence-corrected chi connectivity index (χ2v) is 4.99. The molecule has 0 aliphatic rings. The number of fused-ring (bicyclic) bond motifs is 1. The quantitative estimate of drug-likeness (QED) is 0.683. The Kier molecular flexibility index (Phi) is 4.28. The predicted octanol–water partition coefficient (Wildman–Crippen LogP) is 2.86. The molecule has 0 saturated carbocycles. The first-order valence-electron chi connectivity index (χ1n) is 7.05. The van der Waals surface area contributed by atoms with Gasteiger partial charge in [0.1, 0.15) is 6.10 Å². The monoisotopic (exact) mass is 282 g/mol. The molecule has 3 aromatic rings. The van der Waals surface area contributed by atoms with Gasteiger partial charge in [-0.25, -0.2) is 4.98 Å². The van der Waals surface area contributed by atoms with E-state index in [-0.39, 0.29) is 0 Å². The SMILES string of the molecule is OC(COCCc1cnc[nH]1)c1cccc2ccccc12. The van der Waals surface area contributed by atoms with Gasteiger partial charge < -0.3 is 14.8 Å². The van der Waals surface area contributed by atoms with Gasteiger partial charge in [0, 0.05) is 18.3 Å². The van der Waals surface area contributed by atoms with Crippen molar-refractivity contribution in [3.63, 3.8) is 0 Å². The van der Waals surface area contributed by atoms with E-state index in [1.807, 2.05) is 42.5 Å². The lowest BCUT2D eigenvalue weighted by atomic mass is 10.0. The van der Waals surface area contributed by atoms with Gasteiger partial charge in [-0.15, -0.1) is 0 Å². The first kappa shape index (κ1) is 13.8. The highest BCUT2D eigenvalue weighted by Crippen LogP contribution is 2.24. The number of H-pyrrole nitrogens is 1. The zero-order valence-electron chi connectivity index (χ0n) is 11.7. The van der Waals surface area contributed by atoms with Crippen LogP contribution in [0.1, 0.15) is 17.4 Å². The number of aromatic amines is 1. The molecule has 1 heterocycles. The Bertz CT molecular complexity index is 690. The summed E-state index contributed by atoms with van der Waals surface area (Å²) in [6, 6.07) is 14.0. The number of nitrogens with one attached hydrogen (secondary N) is 1. The van der Waals surface area contributed by atoms with Gasteiger partial charge in [0.15, 0.2) is 0 Å². The van der Waals surface area contributed by atoms with Crippen LogP contribution in [0.4, 0.5) is 0 Å². The van der Waals surface area contributed by atoms with Crippen LogP contribution in [-0.2, 0) is 11.2 Å². The summed E-state index contributed by atoms with van der Waals surface area (Å²) >= 11 is 0. The average molecular weight is 282 g/mol. The number of aliphatic hydroxyl groups excluding tert-OH is 1. The van der Waals surface area contributed by atoms with E-state index in [0.29, 0.717) is 13.2 Å². The first-order chi connectivity index (χ1) is 10.3. The van der Waals surface area contributed by atoms with Crippen molar-refractivity contribution in [1.82, 2.24) is 9.97 Å². The molecule has 0 bridgehead atoms. The third-order valence-electron chi connectivity index (χ3n) is 3.53. The average Bonchev–Trinajstić information content (AvgIpc) is 3.04. The predicted molar refractivity (Wildman–Crippen MR) is 82.0 cm³/mol. The van der Waals surface area contributed by atoms with Crippen LogP contribution in [0.3, 0.4) is 0 Å². The van der Waals surface area contributed by atoms with Crippen LogP contribution in [0.25, 0.3) is 10.8 Å². The minimum atomic E-state index is -0.613. The number of nitrogens with zero attached hydrogens (tertiary/aromatic N) is 1. The van der Waals surface area contributed by atoms with Crippen molar-refractivity contribution in [1.29, 1.82) is 0 Å². The summed E-state index contributed by atoms with van der Waals surface area (Å²) in [5, 5.41) is 12.5. The summed E-state index contributed by atoms with van der Waals surface area (Å²) in [4.78, 5) is 6.98. The lowest BCUT2D eigenvalue weighted by Crippen LogP contribution is -2.09. The lowest BCUT2D eigenvalue weighted by Gasteiger charge is -2.14. The summed E-state index contributed by atoms with van der Waals surface area (Å²) in [6.45, 7) is 0.853. The van der Waals surface area contributed by atoms with Crippen LogP contribution in [-0.4, -0.2) is 28.3 Å². The van der Waals surface area contributed by atoms with Crippen LogP contribution in [0.15, 0.2) is 55.0 Å². The van der Waals surface area contributed by atoms with Crippen molar-refractivity contribution >= 4 is 10.8 Å². The van der Waals surface area contributed by atoms with E-state index in [0.717, 1.165) is 28.5 Å². The van der Waals surface area contributed by atoms with Crippen LogP contribution in [0.2, 0.25) is 0 Å². The highest BCUT2D eigenvalue weighted by atomic mass is 16.5. The second kappa shape index (κ2) is 6.52. The van der Waals surface area contributed by atoms with Gasteiger partial charge in [-0.2, -0.15) is 0 Å². The minimum Gasteiger partial charge on any atom is -0.386 e. The summed E-state index contributed by atoms with van der Waals surface area (Å²) in [5.74, 6) is 0. The van der Waals surface area contributed by atoms with E-state index in [2.05, 4.69) is 9.97 Å². The zero-order chi connectivity index (χ0) is 14.5. The molecule has 0 amide bonds. The second-order valence-electron chi connectivity index (χ2n) is 4.99. The van der Waals surface area contributed by atoms with Gasteiger partial charge in [-0.1, -0.05) is 42.5 Å². The first-order valence-corrected chi connectivity index (χ1v) is 7.05. The van der Waals surface area contributed by atoms with Crippen molar-refractivity contribution < 1.29 is 9.84 Å². The Labute approximate surface area is 123 Å². The molecule has 21 heavy (non-hydrogen) atoms. The zero-order valence-corrected chi connectivity index (χ0v) is 11.7. The summed E-state index contributed by atoms with van der Waals surface area (Å²) in [6.07, 6.45) is 3.59. The van der Waals surface area contributed by atoms with Crippen LogP contribution < -0.4 is 0 Å². The number of benzene rings is 2. The fourth-order valence-corrected chi connectivity index (χ4v) is 2.43. The number of hydrogen-bond donors (Lipinski definition) is 2. The van der Waals surface area contributed by atoms with Gasteiger partial charge in [0.05, 0.1) is 19.5 Å². The van der Waals surface area contributed by atoms with E-state index in [9.17, 15) is 5.11 Å². The Hall–Kier alpha value is -2.17. The number of rotatable bonds is 6. The molecule has 0 aliphatic heterocycles. The molecule has 2 aromatic carbocycles. The summed E-state index contributed by atoms with van der Waals surface area (Å²) in [5.41, 5.74) is 1.95. The van der Waals surface area contributed by atoms with E-state index < -0.39 is 6.10 Å². The maximum atomic E-state index is 10.3. The minimum absolute atomic E-state index is 0.294. The topological polar surface area (TPSA) is 58.1 Å². The number of imidazole rings is 1. The van der Waals surface area contributed by atoms with Crippen molar-refractivity contribution in [3.8, 4) is 0 Å². The maximum Gasteiger partial charge on any atom is 0.103 e. The van der Waals surface area contributed by atoms with E-state index in [1.54, 1.807) is 12.5 Å². The molecule has 0 radical (unpaired) electrons. The number of aliphatic hydroxyl groups is 1. The molecule has 1 unspecified atom stereocenters. The van der Waals surface area contributed by atoms with Crippen molar-refractivity contribution in [2.45, 2.75) is 12.5 Å². The van der Waals surface area contributed by atoms with Gasteiger partial charge in [-0.05, 0) is 16.3 Å². The van der Waals surface area contributed by atoms with Crippen LogP contribution in [0, 0.1) is 0 Å². The van der Waals surface area contributed by atoms with Crippen molar-refractivity contribution in [3.05, 3.63) is 66.2 Å². The molecule has 3 rings (SSSR count). The molecular formula is C17H18N2O2. The summed E-state index contributed by atoms with van der Waals surface area (Å²) in [7, 11) is 0. The Morgan fingerprint density at radius 1 is 1.14 bits per heavy atom. The highest BCUT2D eigenvalue weighted by molar-refractivity contribution is 5.85. The Balaban J connectivity index is 1.60. The maximum absolute atomic E-state index is 10.3. The molecule has 0 spiro atoms. The fourth-order valence-electron chi connectivity index (χ4n) is 2.43. The van der Waals surface area contributed by atoms with Crippen LogP contribution in [0.5, 0.6) is 0 Å². The van der Waals surface area contributed by atoms with Gasteiger partial charge in [-0.3, -0.25) is 0 Å². The van der Waals surface area contributed by atoms with E-state index >= 15 is 0 Å². The third-order valence-corrected chi connectivity index (χ3v) is 3.53. The van der Waals surface area contributed by atoms with Gasteiger partial charge in [0.25, 0.3) is 0 Å². The third kappa shape index (κ3) is 3.29. The molecule has 1 atom stereocenters. The molecule has 1 aromatic heterocycles. The van der Waals surface area contributed by atoms with E-state index in [1.165, 1.54) is 0 Å².